The average Bonchev–Trinajstić information content (AvgIpc) is 3.44. The van der Waals surface area contributed by atoms with Crippen molar-refractivity contribution in [1.29, 1.82) is 0 Å². The van der Waals surface area contributed by atoms with E-state index in [0.29, 0.717) is 19.0 Å². The van der Waals surface area contributed by atoms with Gasteiger partial charge in [0.2, 0.25) is 5.95 Å². The van der Waals surface area contributed by atoms with Crippen LogP contribution in [0.25, 0.3) is 0 Å². The number of anilines is 2. The van der Waals surface area contributed by atoms with Crippen molar-refractivity contribution >= 4 is 17.5 Å². The van der Waals surface area contributed by atoms with E-state index >= 15 is 0 Å². The number of carbonyl (C=O) groups is 1. The topological polar surface area (TPSA) is 93.7 Å². The molecule has 5 heterocycles. The van der Waals surface area contributed by atoms with Gasteiger partial charge in [0, 0.05) is 19.2 Å². The minimum absolute atomic E-state index is 0.0303. The Bertz CT molecular complexity index is 1080. The summed E-state index contributed by atoms with van der Waals surface area (Å²) in [7, 11) is 0. The zero-order valence-corrected chi connectivity index (χ0v) is 16.6. The SMILES string of the molecule is Cc1nocc1C(=O)CN1c2nc(N3CC4CC3CO4)cc(=O)n2CC[C@H]1C(F)(F)F. The van der Waals surface area contributed by atoms with Gasteiger partial charge < -0.3 is 19.1 Å². The summed E-state index contributed by atoms with van der Waals surface area (Å²) in [6.07, 6.45) is -3.01. The van der Waals surface area contributed by atoms with E-state index in [-0.39, 0.29) is 42.3 Å². The molecular weight excluding hydrogens is 419 g/mol. The Kier molecular flexibility index (Phi) is 4.57. The van der Waals surface area contributed by atoms with Crippen LogP contribution in [0.4, 0.5) is 24.9 Å². The van der Waals surface area contributed by atoms with E-state index in [9.17, 15) is 22.8 Å². The van der Waals surface area contributed by atoms with Crippen LogP contribution in [0.2, 0.25) is 0 Å². The van der Waals surface area contributed by atoms with Crippen LogP contribution in [-0.4, -0.2) is 64.6 Å². The number of hydrogen-bond acceptors (Lipinski definition) is 8. The van der Waals surface area contributed by atoms with Gasteiger partial charge in [-0.3, -0.25) is 14.2 Å². The number of fused-ring (bicyclic) bond motifs is 3. The fourth-order valence-corrected chi connectivity index (χ4v) is 4.61. The standard InChI is InChI=1S/C19H20F3N5O4/c1-10-13(9-31-24-10)14(28)7-27-15(19(20,21)22)2-3-25-17(29)5-16(23-18(25)27)26-6-12-4-11(26)8-30-12/h5,9,11-12,15H,2-4,6-8H2,1H3/t11?,12?,15-/m0/s1. The summed E-state index contributed by atoms with van der Waals surface area (Å²) in [5.74, 6) is -0.426. The highest BCUT2D eigenvalue weighted by Gasteiger charge is 2.48. The highest BCUT2D eigenvalue weighted by molar-refractivity contribution is 5.99. The van der Waals surface area contributed by atoms with E-state index in [1.807, 2.05) is 4.90 Å². The third kappa shape index (κ3) is 3.38. The number of Topliss-reactive ketones (excluding diaryl/α,β-unsaturated/α-hetero) is 1. The molecule has 0 saturated carbocycles. The fraction of sp³-hybridized carbons (Fsp3) is 0.579. The van der Waals surface area contributed by atoms with Gasteiger partial charge in [0.05, 0.1) is 36.6 Å². The average molecular weight is 439 g/mol. The third-order valence-corrected chi connectivity index (χ3v) is 6.17. The van der Waals surface area contributed by atoms with Gasteiger partial charge in [-0.1, -0.05) is 5.16 Å². The lowest BCUT2D eigenvalue weighted by Crippen LogP contribution is -2.54. The molecule has 2 aromatic rings. The first-order chi connectivity index (χ1) is 14.7. The number of ketones is 1. The van der Waals surface area contributed by atoms with Crippen molar-refractivity contribution in [2.24, 2.45) is 0 Å². The van der Waals surface area contributed by atoms with Crippen molar-refractivity contribution in [2.75, 3.05) is 29.5 Å². The molecule has 2 unspecified atom stereocenters. The first-order valence-corrected chi connectivity index (χ1v) is 10.00. The monoisotopic (exact) mass is 439 g/mol. The van der Waals surface area contributed by atoms with Crippen molar-refractivity contribution in [3.8, 4) is 0 Å². The van der Waals surface area contributed by atoms with E-state index in [1.54, 1.807) is 0 Å². The maximum atomic E-state index is 13.9. The molecule has 3 aliphatic heterocycles. The van der Waals surface area contributed by atoms with Crippen LogP contribution in [0.1, 0.15) is 28.9 Å². The van der Waals surface area contributed by atoms with Gasteiger partial charge in [-0.25, -0.2) is 0 Å². The number of halogens is 3. The summed E-state index contributed by atoms with van der Waals surface area (Å²) in [6, 6.07) is -0.545. The van der Waals surface area contributed by atoms with E-state index in [2.05, 4.69) is 10.1 Å². The number of carbonyl (C=O) groups excluding carboxylic acids is 1. The molecule has 2 bridgehead atoms. The van der Waals surface area contributed by atoms with Crippen LogP contribution in [0.5, 0.6) is 0 Å². The van der Waals surface area contributed by atoms with Crippen molar-refractivity contribution in [1.82, 2.24) is 14.7 Å². The molecule has 12 heteroatoms. The third-order valence-electron chi connectivity index (χ3n) is 6.17. The molecule has 5 rings (SSSR count). The maximum absolute atomic E-state index is 13.9. The van der Waals surface area contributed by atoms with Gasteiger partial charge in [0.1, 0.15) is 18.1 Å². The normalized spacial score (nSPS) is 25.2. The predicted octanol–water partition coefficient (Wildman–Crippen LogP) is 1.54. The minimum atomic E-state index is -4.59. The quantitative estimate of drug-likeness (QED) is 0.663. The maximum Gasteiger partial charge on any atom is 0.408 e. The van der Waals surface area contributed by atoms with Gasteiger partial charge >= 0.3 is 6.18 Å². The summed E-state index contributed by atoms with van der Waals surface area (Å²) in [6.45, 7) is 1.83. The summed E-state index contributed by atoms with van der Waals surface area (Å²) >= 11 is 0. The molecule has 2 fully saturated rings. The number of alkyl halides is 3. The lowest BCUT2D eigenvalue weighted by Gasteiger charge is -2.39. The molecule has 0 aromatic carbocycles. The van der Waals surface area contributed by atoms with Crippen LogP contribution in [0.3, 0.4) is 0 Å². The highest BCUT2D eigenvalue weighted by Crippen LogP contribution is 2.36. The van der Waals surface area contributed by atoms with E-state index < -0.39 is 30.1 Å². The Labute approximate surface area is 174 Å². The van der Waals surface area contributed by atoms with Crippen LogP contribution >= 0.6 is 0 Å². The lowest BCUT2D eigenvalue weighted by atomic mass is 10.1. The first-order valence-electron chi connectivity index (χ1n) is 10.00. The second-order valence-electron chi connectivity index (χ2n) is 8.11. The van der Waals surface area contributed by atoms with Gasteiger partial charge in [-0.05, 0) is 19.8 Å². The number of aromatic nitrogens is 3. The lowest BCUT2D eigenvalue weighted by molar-refractivity contribution is -0.152. The summed E-state index contributed by atoms with van der Waals surface area (Å²) < 4.78 is 53.1. The fourth-order valence-electron chi connectivity index (χ4n) is 4.61. The van der Waals surface area contributed by atoms with Crippen molar-refractivity contribution in [3.63, 3.8) is 0 Å². The molecular formula is C19H20F3N5O4. The molecule has 0 amide bonds. The predicted molar refractivity (Wildman–Crippen MR) is 101 cm³/mol. The molecule has 0 N–H and O–H groups in total. The smallest absolute Gasteiger partial charge is 0.374 e. The van der Waals surface area contributed by atoms with Crippen molar-refractivity contribution in [2.45, 2.75) is 50.7 Å². The Hall–Kier alpha value is -2.89. The Morgan fingerprint density at radius 2 is 2.16 bits per heavy atom. The van der Waals surface area contributed by atoms with Crippen LogP contribution < -0.4 is 15.4 Å². The molecule has 3 atom stereocenters. The second kappa shape index (κ2) is 7.08. The van der Waals surface area contributed by atoms with Crippen LogP contribution in [0, 0.1) is 6.92 Å². The number of aryl methyl sites for hydroxylation is 1. The molecule has 166 valence electrons. The number of ether oxygens (including phenoxy) is 1. The molecule has 0 radical (unpaired) electrons. The second-order valence-corrected chi connectivity index (χ2v) is 8.11. The molecule has 3 aliphatic rings. The molecule has 0 spiro atoms. The largest absolute Gasteiger partial charge is 0.408 e. The molecule has 2 aromatic heterocycles. The Morgan fingerprint density at radius 1 is 1.35 bits per heavy atom. The summed E-state index contributed by atoms with van der Waals surface area (Å²) in [5.41, 5.74) is -0.0498. The Morgan fingerprint density at radius 3 is 2.77 bits per heavy atom. The zero-order chi connectivity index (χ0) is 21.9. The first kappa shape index (κ1) is 20.0. The highest BCUT2D eigenvalue weighted by atomic mass is 19.4. The molecule has 31 heavy (non-hydrogen) atoms. The number of hydrogen-bond donors (Lipinski definition) is 0. The number of nitrogens with zero attached hydrogens (tertiary/aromatic N) is 5. The van der Waals surface area contributed by atoms with E-state index in [1.165, 1.54) is 17.6 Å². The van der Waals surface area contributed by atoms with E-state index in [0.717, 1.165) is 17.6 Å². The number of morpholine rings is 1. The number of rotatable bonds is 4. The zero-order valence-electron chi connectivity index (χ0n) is 16.6. The molecule has 0 aliphatic carbocycles. The minimum Gasteiger partial charge on any atom is -0.374 e. The molecule has 2 saturated heterocycles. The molecule has 9 nitrogen and oxygen atoms in total. The summed E-state index contributed by atoms with van der Waals surface area (Å²) in [4.78, 5) is 32.7. The van der Waals surface area contributed by atoms with Gasteiger partial charge in [0.15, 0.2) is 5.78 Å². The van der Waals surface area contributed by atoms with Crippen LogP contribution in [-0.2, 0) is 11.3 Å². The Balaban J connectivity index is 1.55. The van der Waals surface area contributed by atoms with Gasteiger partial charge in [-0.2, -0.15) is 18.2 Å². The van der Waals surface area contributed by atoms with E-state index in [4.69, 9.17) is 9.26 Å². The van der Waals surface area contributed by atoms with Crippen molar-refractivity contribution in [3.05, 3.63) is 33.9 Å². The summed E-state index contributed by atoms with van der Waals surface area (Å²) in [5, 5.41) is 3.62. The van der Waals surface area contributed by atoms with Crippen molar-refractivity contribution < 1.29 is 27.2 Å². The van der Waals surface area contributed by atoms with Gasteiger partial charge in [-0.15, -0.1) is 0 Å². The van der Waals surface area contributed by atoms with Gasteiger partial charge in [0.25, 0.3) is 5.56 Å². The van der Waals surface area contributed by atoms with Crippen LogP contribution in [0.15, 0.2) is 21.6 Å².